The van der Waals surface area contributed by atoms with Crippen molar-refractivity contribution >= 4 is 39.7 Å². The van der Waals surface area contributed by atoms with Crippen molar-refractivity contribution in [1.82, 2.24) is 4.98 Å². The van der Waals surface area contributed by atoms with Gasteiger partial charge in [0.15, 0.2) is 5.13 Å². The molecule has 20 heavy (non-hydrogen) atoms. The first kappa shape index (κ1) is 14.8. The van der Waals surface area contributed by atoms with Crippen molar-refractivity contribution < 1.29 is 4.79 Å². The lowest BCUT2D eigenvalue weighted by Gasteiger charge is -2.18. The van der Waals surface area contributed by atoms with Gasteiger partial charge in [-0.2, -0.15) is 0 Å². The fourth-order valence-corrected chi connectivity index (χ4v) is 2.47. The first-order chi connectivity index (χ1) is 9.60. The van der Waals surface area contributed by atoms with Gasteiger partial charge in [0.2, 0.25) is 5.91 Å². The van der Waals surface area contributed by atoms with Crippen molar-refractivity contribution in [2.24, 2.45) is 0 Å². The molecular formula is C14H16ClN3OS. The van der Waals surface area contributed by atoms with Gasteiger partial charge in [-0.3, -0.25) is 4.79 Å². The Kier molecular flexibility index (Phi) is 4.98. The molecule has 2 aromatic rings. The summed E-state index contributed by atoms with van der Waals surface area (Å²) in [5, 5.41) is 9.11. The van der Waals surface area contributed by atoms with E-state index in [-0.39, 0.29) is 11.9 Å². The number of benzene rings is 1. The summed E-state index contributed by atoms with van der Waals surface area (Å²) in [6.45, 7) is 3.93. The van der Waals surface area contributed by atoms with Crippen LogP contribution in [0.2, 0.25) is 5.02 Å². The molecule has 0 unspecified atom stereocenters. The zero-order valence-electron chi connectivity index (χ0n) is 11.3. The maximum atomic E-state index is 12.2. The van der Waals surface area contributed by atoms with Crippen LogP contribution < -0.4 is 10.6 Å². The molecule has 6 heteroatoms. The number of hydrogen-bond acceptors (Lipinski definition) is 4. The van der Waals surface area contributed by atoms with Crippen LogP contribution >= 0.6 is 22.9 Å². The van der Waals surface area contributed by atoms with E-state index in [1.807, 2.05) is 37.4 Å². The average molecular weight is 310 g/mol. The Bertz CT molecular complexity index is 586. The SMILES string of the molecule is CC[C@H](Nc1cc(Cl)ccc1C)C(=O)Nc1nccs1. The van der Waals surface area contributed by atoms with Gasteiger partial charge in [0.05, 0.1) is 0 Å². The van der Waals surface area contributed by atoms with Crippen molar-refractivity contribution in [3.8, 4) is 0 Å². The van der Waals surface area contributed by atoms with Crippen molar-refractivity contribution in [3.05, 3.63) is 40.4 Å². The molecule has 0 radical (unpaired) electrons. The summed E-state index contributed by atoms with van der Waals surface area (Å²) in [5.41, 5.74) is 1.92. The van der Waals surface area contributed by atoms with E-state index in [4.69, 9.17) is 11.6 Å². The number of carbonyl (C=O) groups excluding carboxylic acids is 1. The van der Waals surface area contributed by atoms with Gasteiger partial charge in [0.25, 0.3) is 0 Å². The lowest BCUT2D eigenvalue weighted by molar-refractivity contribution is -0.116. The van der Waals surface area contributed by atoms with E-state index < -0.39 is 0 Å². The number of thiazole rings is 1. The molecule has 0 fully saturated rings. The Balaban J connectivity index is 2.08. The van der Waals surface area contributed by atoms with Gasteiger partial charge in [-0.15, -0.1) is 11.3 Å². The van der Waals surface area contributed by atoms with Gasteiger partial charge in [-0.05, 0) is 31.0 Å². The minimum atomic E-state index is -0.323. The summed E-state index contributed by atoms with van der Waals surface area (Å²) in [6.07, 6.45) is 2.33. The molecule has 1 heterocycles. The monoisotopic (exact) mass is 309 g/mol. The highest BCUT2D eigenvalue weighted by atomic mass is 35.5. The fourth-order valence-electron chi connectivity index (χ4n) is 1.77. The van der Waals surface area contributed by atoms with E-state index in [9.17, 15) is 4.79 Å². The van der Waals surface area contributed by atoms with Gasteiger partial charge in [-0.25, -0.2) is 4.98 Å². The topological polar surface area (TPSA) is 54.0 Å². The molecule has 0 aliphatic carbocycles. The second kappa shape index (κ2) is 6.72. The van der Waals surface area contributed by atoms with Crippen LogP contribution in [0.3, 0.4) is 0 Å². The Morgan fingerprint density at radius 2 is 2.30 bits per heavy atom. The average Bonchev–Trinajstić information content (AvgIpc) is 2.92. The molecule has 4 nitrogen and oxygen atoms in total. The zero-order chi connectivity index (χ0) is 14.5. The molecule has 2 rings (SSSR count). The largest absolute Gasteiger partial charge is 0.373 e. The van der Waals surface area contributed by atoms with Crippen LogP contribution in [-0.4, -0.2) is 16.9 Å². The molecule has 0 bridgehead atoms. The molecule has 0 spiro atoms. The summed E-state index contributed by atoms with van der Waals surface area (Å²) in [5.74, 6) is -0.0955. The van der Waals surface area contributed by atoms with Gasteiger partial charge >= 0.3 is 0 Å². The van der Waals surface area contributed by atoms with Gasteiger partial charge in [0, 0.05) is 22.3 Å². The van der Waals surface area contributed by atoms with Gasteiger partial charge in [-0.1, -0.05) is 24.6 Å². The maximum Gasteiger partial charge on any atom is 0.248 e. The maximum absolute atomic E-state index is 12.2. The standard InChI is InChI=1S/C14H16ClN3OS/c1-3-11(13(19)18-14-16-6-7-20-14)17-12-8-10(15)5-4-9(12)2/h4-8,11,17H,3H2,1-2H3,(H,16,18,19)/t11-/m0/s1. The van der Waals surface area contributed by atoms with Gasteiger partial charge < -0.3 is 10.6 Å². The lowest BCUT2D eigenvalue weighted by Crippen LogP contribution is -2.34. The minimum absolute atomic E-state index is 0.0955. The number of nitrogens with one attached hydrogen (secondary N) is 2. The summed E-state index contributed by atoms with van der Waals surface area (Å²) >= 11 is 7.39. The van der Waals surface area contributed by atoms with Crippen LogP contribution in [0.4, 0.5) is 10.8 Å². The van der Waals surface area contributed by atoms with E-state index in [0.29, 0.717) is 16.6 Å². The van der Waals surface area contributed by atoms with E-state index in [2.05, 4.69) is 15.6 Å². The zero-order valence-corrected chi connectivity index (χ0v) is 12.9. The molecule has 1 aromatic heterocycles. The number of halogens is 1. The van der Waals surface area contributed by atoms with E-state index in [0.717, 1.165) is 11.3 Å². The van der Waals surface area contributed by atoms with E-state index in [1.165, 1.54) is 11.3 Å². The summed E-state index contributed by atoms with van der Waals surface area (Å²) in [6, 6.07) is 5.27. The van der Waals surface area contributed by atoms with Crippen LogP contribution in [0.15, 0.2) is 29.8 Å². The van der Waals surface area contributed by atoms with Crippen LogP contribution in [0, 0.1) is 6.92 Å². The third-order valence-electron chi connectivity index (χ3n) is 2.92. The Hall–Kier alpha value is -1.59. The number of aromatic nitrogens is 1. The van der Waals surface area contributed by atoms with Crippen LogP contribution in [0.25, 0.3) is 0 Å². The van der Waals surface area contributed by atoms with Crippen molar-refractivity contribution in [3.63, 3.8) is 0 Å². The normalized spacial score (nSPS) is 11.9. The van der Waals surface area contributed by atoms with Crippen molar-refractivity contribution in [1.29, 1.82) is 0 Å². The van der Waals surface area contributed by atoms with E-state index in [1.54, 1.807) is 6.20 Å². The number of aryl methyl sites for hydroxylation is 1. The number of nitrogens with zero attached hydrogens (tertiary/aromatic N) is 1. The summed E-state index contributed by atoms with van der Waals surface area (Å²) in [4.78, 5) is 16.3. The van der Waals surface area contributed by atoms with Crippen molar-refractivity contribution in [2.75, 3.05) is 10.6 Å². The molecule has 1 amide bonds. The number of rotatable bonds is 5. The highest BCUT2D eigenvalue weighted by Crippen LogP contribution is 2.22. The molecule has 0 saturated carbocycles. The molecule has 0 saturated heterocycles. The summed E-state index contributed by atoms with van der Waals surface area (Å²) < 4.78 is 0. The second-order valence-corrected chi connectivity index (χ2v) is 5.72. The molecule has 2 N–H and O–H groups in total. The molecular weight excluding hydrogens is 294 g/mol. The molecule has 1 aromatic carbocycles. The number of anilines is 2. The van der Waals surface area contributed by atoms with Crippen LogP contribution in [-0.2, 0) is 4.79 Å². The molecule has 0 aliphatic rings. The van der Waals surface area contributed by atoms with Crippen LogP contribution in [0.1, 0.15) is 18.9 Å². The highest BCUT2D eigenvalue weighted by Gasteiger charge is 2.18. The van der Waals surface area contributed by atoms with Crippen LogP contribution in [0.5, 0.6) is 0 Å². The first-order valence-electron chi connectivity index (χ1n) is 6.33. The van der Waals surface area contributed by atoms with Crippen molar-refractivity contribution in [2.45, 2.75) is 26.3 Å². The number of hydrogen-bond donors (Lipinski definition) is 2. The summed E-state index contributed by atoms with van der Waals surface area (Å²) in [7, 11) is 0. The molecule has 1 atom stereocenters. The molecule has 106 valence electrons. The number of carbonyl (C=O) groups is 1. The van der Waals surface area contributed by atoms with E-state index >= 15 is 0 Å². The first-order valence-corrected chi connectivity index (χ1v) is 7.59. The lowest BCUT2D eigenvalue weighted by atomic mass is 10.1. The quantitative estimate of drug-likeness (QED) is 0.879. The second-order valence-electron chi connectivity index (χ2n) is 4.39. The minimum Gasteiger partial charge on any atom is -0.373 e. The molecule has 0 aliphatic heterocycles. The Labute approximate surface area is 127 Å². The third-order valence-corrected chi connectivity index (χ3v) is 3.84. The Morgan fingerprint density at radius 3 is 2.95 bits per heavy atom. The smallest absolute Gasteiger partial charge is 0.248 e. The highest BCUT2D eigenvalue weighted by molar-refractivity contribution is 7.13. The van der Waals surface area contributed by atoms with Gasteiger partial charge in [0.1, 0.15) is 6.04 Å². The number of amides is 1. The predicted molar refractivity (Wildman–Crippen MR) is 84.6 cm³/mol. The fraction of sp³-hybridized carbons (Fsp3) is 0.286. The Morgan fingerprint density at radius 1 is 1.50 bits per heavy atom. The third kappa shape index (κ3) is 3.71. The predicted octanol–water partition coefficient (Wildman–Crippen LogP) is 3.93.